The maximum atomic E-state index is 13.7. The highest BCUT2D eigenvalue weighted by molar-refractivity contribution is 6.06. The molecule has 4 rings (SSSR count). The molecule has 3 amide bonds. The summed E-state index contributed by atoms with van der Waals surface area (Å²) >= 11 is 0. The van der Waals surface area contributed by atoms with Gasteiger partial charge in [0.1, 0.15) is 11.6 Å². The van der Waals surface area contributed by atoms with Crippen LogP contribution >= 0.6 is 0 Å². The van der Waals surface area contributed by atoms with Crippen molar-refractivity contribution in [2.24, 2.45) is 5.92 Å². The Balaban J connectivity index is 1.43. The Hall–Kier alpha value is -3.09. The van der Waals surface area contributed by atoms with Crippen molar-refractivity contribution >= 4 is 23.3 Å². The van der Waals surface area contributed by atoms with E-state index in [-0.39, 0.29) is 17.8 Å². The van der Waals surface area contributed by atoms with Crippen molar-refractivity contribution in [2.75, 3.05) is 17.2 Å². The Morgan fingerprint density at radius 3 is 2.61 bits per heavy atom. The van der Waals surface area contributed by atoms with Crippen LogP contribution in [0.3, 0.4) is 0 Å². The van der Waals surface area contributed by atoms with Gasteiger partial charge >= 0.3 is 6.03 Å². The third-order valence-corrected chi connectivity index (χ3v) is 4.66. The molecule has 3 N–H and O–H groups in total. The number of urea groups is 1. The molecule has 2 aliphatic rings. The number of nitrogens with one attached hydrogen (secondary N) is 3. The number of ether oxygens (including phenoxy) is 1. The van der Waals surface area contributed by atoms with E-state index in [0.717, 1.165) is 25.7 Å². The van der Waals surface area contributed by atoms with Gasteiger partial charge in [0.25, 0.3) is 5.91 Å². The zero-order valence-electron chi connectivity index (χ0n) is 15.3. The molecule has 0 radical (unpaired) electrons. The molecule has 6 nitrogen and oxygen atoms in total. The molecule has 0 saturated heterocycles. The highest BCUT2D eigenvalue weighted by Crippen LogP contribution is 2.32. The average molecular weight is 383 g/mol. The van der Waals surface area contributed by atoms with Gasteiger partial charge in [-0.1, -0.05) is 6.07 Å². The maximum absolute atomic E-state index is 13.7. The van der Waals surface area contributed by atoms with Gasteiger partial charge in [0, 0.05) is 23.4 Å². The molecule has 146 valence electrons. The first kappa shape index (κ1) is 18.3. The van der Waals surface area contributed by atoms with E-state index in [1.54, 1.807) is 24.3 Å². The molecule has 0 atom stereocenters. The van der Waals surface area contributed by atoms with Gasteiger partial charge in [-0.15, -0.1) is 0 Å². The lowest BCUT2D eigenvalue weighted by Gasteiger charge is -2.13. The van der Waals surface area contributed by atoms with E-state index in [4.69, 9.17) is 4.74 Å². The number of amides is 3. The van der Waals surface area contributed by atoms with Gasteiger partial charge in [-0.25, -0.2) is 9.18 Å². The molecule has 0 aliphatic heterocycles. The Morgan fingerprint density at radius 1 is 1.04 bits per heavy atom. The molecule has 2 aliphatic carbocycles. The first-order chi connectivity index (χ1) is 13.6. The molecule has 0 bridgehead atoms. The van der Waals surface area contributed by atoms with Crippen molar-refractivity contribution in [3.63, 3.8) is 0 Å². The summed E-state index contributed by atoms with van der Waals surface area (Å²) in [6.07, 6.45) is 4.26. The predicted octanol–water partition coefficient (Wildman–Crippen LogP) is 4.15. The molecule has 2 fully saturated rings. The third kappa shape index (κ3) is 5.00. The summed E-state index contributed by atoms with van der Waals surface area (Å²) in [5.41, 5.74) is 1.15. The lowest BCUT2D eigenvalue weighted by atomic mass is 10.1. The molecule has 0 unspecified atom stereocenters. The van der Waals surface area contributed by atoms with Gasteiger partial charge < -0.3 is 20.7 Å². The number of halogens is 1. The average Bonchev–Trinajstić information content (AvgIpc) is 3.57. The van der Waals surface area contributed by atoms with Crippen LogP contribution in [-0.2, 0) is 0 Å². The van der Waals surface area contributed by atoms with Crippen molar-refractivity contribution in [3.05, 3.63) is 53.8 Å². The van der Waals surface area contributed by atoms with Crippen molar-refractivity contribution in [1.82, 2.24) is 5.32 Å². The number of hydrogen-bond donors (Lipinski definition) is 3. The molecule has 0 spiro atoms. The van der Waals surface area contributed by atoms with Gasteiger partial charge in [0.05, 0.1) is 12.3 Å². The van der Waals surface area contributed by atoms with E-state index in [1.807, 2.05) is 0 Å². The van der Waals surface area contributed by atoms with Gasteiger partial charge in [0.2, 0.25) is 0 Å². The fourth-order valence-electron chi connectivity index (χ4n) is 2.73. The van der Waals surface area contributed by atoms with E-state index in [0.29, 0.717) is 29.5 Å². The van der Waals surface area contributed by atoms with Crippen molar-refractivity contribution in [1.29, 1.82) is 0 Å². The summed E-state index contributed by atoms with van der Waals surface area (Å²) in [5, 5.41) is 8.24. The van der Waals surface area contributed by atoms with Gasteiger partial charge in [0.15, 0.2) is 0 Å². The van der Waals surface area contributed by atoms with Gasteiger partial charge in [-0.3, -0.25) is 4.79 Å². The van der Waals surface area contributed by atoms with Crippen LogP contribution in [0, 0.1) is 11.7 Å². The maximum Gasteiger partial charge on any atom is 0.319 e. The molecule has 7 heteroatoms. The first-order valence-electron chi connectivity index (χ1n) is 9.48. The highest BCUT2D eigenvalue weighted by Gasteiger charge is 2.24. The quantitative estimate of drug-likeness (QED) is 0.672. The lowest BCUT2D eigenvalue weighted by Crippen LogP contribution is -2.30. The van der Waals surface area contributed by atoms with E-state index >= 15 is 0 Å². The first-order valence-corrected chi connectivity index (χ1v) is 9.48. The Kier molecular flexibility index (Phi) is 5.14. The smallest absolute Gasteiger partial charge is 0.319 e. The molecule has 2 saturated carbocycles. The van der Waals surface area contributed by atoms with E-state index < -0.39 is 11.7 Å². The minimum atomic E-state index is -0.457. The highest BCUT2D eigenvalue weighted by atomic mass is 19.1. The summed E-state index contributed by atoms with van der Waals surface area (Å²) in [7, 11) is 0. The standard InChI is InChI=1S/C21H22FN3O3/c22-15-6-9-19(28-12-13-4-5-13)18(11-15)25-20(26)14-2-1-3-17(10-14)24-21(27)23-16-7-8-16/h1-3,6,9-11,13,16H,4-5,7-8,12H2,(H,25,26)(H2,23,24,27). The summed E-state index contributed by atoms with van der Waals surface area (Å²) in [6, 6.07) is 10.6. The van der Waals surface area contributed by atoms with Crippen LogP contribution in [0.25, 0.3) is 0 Å². The number of carbonyl (C=O) groups is 2. The van der Waals surface area contributed by atoms with Crippen molar-refractivity contribution < 1.29 is 18.7 Å². The minimum absolute atomic E-state index is 0.244. The fraction of sp³-hybridized carbons (Fsp3) is 0.333. The molecule has 2 aromatic carbocycles. The number of hydrogen-bond acceptors (Lipinski definition) is 3. The van der Waals surface area contributed by atoms with Crippen LogP contribution in [0.2, 0.25) is 0 Å². The third-order valence-electron chi connectivity index (χ3n) is 4.66. The predicted molar refractivity (Wildman–Crippen MR) is 104 cm³/mol. The zero-order valence-corrected chi connectivity index (χ0v) is 15.3. The Labute approximate surface area is 162 Å². The summed E-state index contributed by atoms with van der Waals surface area (Å²) in [5.74, 6) is 0.118. The zero-order chi connectivity index (χ0) is 19.5. The molecule has 28 heavy (non-hydrogen) atoms. The summed E-state index contributed by atoms with van der Waals surface area (Å²) in [4.78, 5) is 24.5. The minimum Gasteiger partial charge on any atom is -0.491 e. The van der Waals surface area contributed by atoms with Gasteiger partial charge in [-0.05, 0) is 61.9 Å². The lowest BCUT2D eigenvalue weighted by molar-refractivity contribution is 0.102. The SMILES string of the molecule is O=C(Nc1cccc(C(=O)Nc2cc(F)ccc2OCC2CC2)c1)NC1CC1. The monoisotopic (exact) mass is 383 g/mol. The largest absolute Gasteiger partial charge is 0.491 e. The van der Waals surface area contributed by atoms with Crippen LogP contribution in [0.5, 0.6) is 5.75 Å². The van der Waals surface area contributed by atoms with Crippen LogP contribution in [0.15, 0.2) is 42.5 Å². The van der Waals surface area contributed by atoms with Crippen LogP contribution in [-0.4, -0.2) is 24.6 Å². The molecule has 0 aromatic heterocycles. The van der Waals surface area contributed by atoms with E-state index in [1.165, 1.54) is 18.2 Å². The number of rotatable bonds is 7. The molecular weight excluding hydrogens is 361 g/mol. The number of anilines is 2. The van der Waals surface area contributed by atoms with Crippen LogP contribution < -0.4 is 20.7 Å². The molecule has 2 aromatic rings. The van der Waals surface area contributed by atoms with Crippen molar-refractivity contribution in [2.45, 2.75) is 31.7 Å². The molecule has 0 heterocycles. The second-order valence-electron chi connectivity index (χ2n) is 7.30. The van der Waals surface area contributed by atoms with Crippen molar-refractivity contribution in [3.8, 4) is 5.75 Å². The normalized spacial score (nSPS) is 15.6. The fourth-order valence-corrected chi connectivity index (χ4v) is 2.73. The topological polar surface area (TPSA) is 79.5 Å². The summed E-state index contributed by atoms with van der Waals surface area (Å²) < 4.78 is 19.4. The molecular formula is C21H22FN3O3. The second-order valence-corrected chi connectivity index (χ2v) is 7.30. The Bertz CT molecular complexity index is 894. The van der Waals surface area contributed by atoms with Gasteiger partial charge in [-0.2, -0.15) is 0 Å². The number of carbonyl (C=O) groups excluding carboxylic acids is 2. The van der Waals surface area contributed by atoms with E-state index in [2.05, 4.69) is 16.0 Å². The Morgan fingerprint density at radius 2 is 1.86 bits per heavy atom. The second kappa shape index (κ2) is 7.88. The van der Waals surface area contributed by atoms with Crippen LogP contribution in [0.4, 0.5) is 20.6 Å². The summed E-state index contributed by atoms with van der Waals surface area (Å²) in [6.45, 7) is 0.560. The van der Waals surface area contributed by atoms with E-state index in [9.17, 15) is 14.0 Å². The number of benzene rings is 2. The van der Waals surface area contributed by atoms with Crippen LogP contribution in [0.1, 0.15) is 36.0 Å².